The van der Waals surface area contributed by atoms with Crippen LogP contribution in [0.5, 0.6) is 11.5 Å². The maximum atomic E-state index is 12.6. The summed E-state index contributed by atoms with van der Waals surface area (Å²) in [6.45, 7) is 0. The molecule has 3 N–H and O–H groups in total. The number of para-hydroxylation sites is 1. The summed E-state index contributed by atoms with van der Waals surface area (Å²) >= 11 is 2.01. The standard InChI is InChI=1S/C19H18INO7S/c20-11-7-9-12(10-8-11)29(25,26)21-19(24,18(22)23)28-16-6-2-4-14-13-3-1-5-15(13)27-17(14)16/h2,4,6-10,13,15,21,24H,1,3,5H2,(H,22,23). The molecule has 29 heavy (non-hydrogen) atoms. The van der Waals surface area contributed by atoms with Gasteiger partial charge in [0.2, 0.25) is 10.0 Å². The van der Waals surface area contributed by atoms with Gasteiger partial charge in [-0.3, -0.25) is 0 Å². The fourth-order valence-corrected chi connectivity index (χ4v) is 5.19. The number of sulfonamides is 1. The molecule has 0 amide bonds. The summed E-state index contributed by atoms with van der Waals surface area (Å²) in [7, 11) is -4.38. The summed E-state index contributed by atoms with van der Waals surface area (Å²) < 4.78 is 38.9. The molecule has 1 saturated carbocycles. The van der Waals surface area contributed by atoms with Crippen molar-refractivity contribution in [3.8, 4) is 11.5 Å². The van der Waals surface area contributed by atoms with E-state index in [4.69, 9.17) is 9.47 Å². The molecule has 3 unspecified atom stereocenters. The number of aliphatic carboxylic acids is 1. The van der Waals surface area contributed by atoms with Gasteiger partial charge in [0.1, 0.15) is 6.10 Å². The van der Waals surface area contributed by atoms with Crippen LogP contribution in [0.2, 0.25) is 0 Å². The van der Waals surface area contributed by atoms with E-state index in [1.165, 1.54) is 18.2 Å². The SMILES string of the molecule is O=C(O)C(O)(NS(=O)(=O)c1ccc(I)cc1)Oc1cccc2c1OC1CCCC21. The van der Waals surface area contributed by atoms with Crippen molar-refractivity contribution < 1.29 is 32.9 Å². The van der Waals surface area contributed by atoms with Crippen LogP contribution in [0.15, 0.2) is 47.4 Å². The van der Waals surface area contributed by atoms with Gasteiger partial charge < -0.3 is 19.7 Å². The first-order valence-electron chi connectivity index (χ1n) is 8.93. The van der Waals surface area contributed by atoms with Crippen LogP contribution < -0.4 is 14.2 Å². The van der Waals surface area contributed by atoms with E-state index >= 15 is 0 Å². The number of ether oxygens (including phenoxy) is 2. The first-order chi connectivity index (χ1) is 13.7. The lowest BCUT2D eigenvalue weighted by Gasteiger charge is -2.26. The van der Waals surface area contributed by atoms with E-state index < -0.39 is 21.9 Å². The van der Waals surface area contributed by atoms with Gasteiger partial charge in [-0.2, -0.15) is 0 Å². The molecule has 1 aliphatic heterocycles. The van der Waals surface area contributed by atoms with Crippen LogP contribution >= 0.6 is 22.6 Å². The lowest BCUT2D eigenvalue weighted by atomic mass is 9.97. The maximum absolute atomic E-state index is 12.6. The van der Waals surface area contributed by atoms with E-state index in [0.29, 0.717) is 5.75 Å². The van der Waals surface area contributed by atoms with Crippen molar-refractivity contribution >= 4 is 38.6 Å². The van der Waals surface area contributed by atoms with E-state index in [1.54, 1.807) is 22.9 Å². The molecule has 0 spiro atoms. The molecular weight excluding hydrogens is 513 g/mol. The molecule has 8 nitrogen and oxygen atoms in total. The van der Waals surface area contributed by atoms with Crippen molar-refractivity contribution in [2.75, 3.05) is 0 Å². The second kappa shape index (κ2) is 7.42. The summed E-state index contributed by atoms with van der Waals surface area (Å²) in [6.07, 6.45) is 2.84. The monoisotopic (exact) mass is 531 g/mol. The highest BCUT2D eigenvalue weighted by Crippen LogP contribution is 2.51. The molecule has 154 valence electrons. The molecule has 1 heterocycles. The highest BCUT2D eigenvalue weighted by molar-refractivity contribution is 14.1. The van der Waals surface area contributed by atoms with E-state index in [9.17, 15) is 23.4 Å². The Labute approximate surface area is 181 Å². The van der Waals surface area contributed by atoms with Gasteiger partial charge in [-0.1, -0.05) is 12.1 Å². The summed E-state index contributed by atoms with van der Waals surface area (Å²) in [5, 5.41) is 20.1. The Kier molecular flexibility index (Phi) is 5.21. The van der Waals surface area contributed by atoms with Gasteiger partial charge in [0.05, 0.1) is 4.90 Å². The molecule has 0 bridgehead atoms. The third-order valence-corrected chi connectivity index (χ3v) is 7.23. The third kappa shape index (κ3) is 3.81. The molecule has 2 aliphatic rings. The summed E-state index contributed by atoms with van der Waals surface area (Å²) in [5.74, 6) is -4.61. The highest BCUT2D eigenvalue weighted by Gasteiger charge is 2.46. The largest absolute Gasteiger partial charge is 0.486 e. The van der Waals surface area contributed by atoms with Crippen LogP contribution in [0.3, 0.4) is 0 Å². The zero-order valence-corrected chi connectivity index (χ0v) is 18.0. The number of hydrogen-bond donors (Lipinski definition) is 3. The number of carbonyl (C=O) groups is 1. The number of nitrogens with one attached hydrogen (secondary N) is 1. The molecule has 4 rings (SSSR count). The second-order valence-electron chi connectivity index (χ2n) is 6.98. The quantitative estimate of drug-likeness (QED) is 0.387. The fraction of sp³-hybridized carbons (Fsp3) is 0.316. The molecule has 2 aromatic rings. The predicted octanol–water partition coefficient (Wildman–Crippen LogP) is 2.41. The van der Waals surface area contributed by atoms with Crippen LogP contribution in [-0.4, -0.2) is 36.6 Å². The van der Waals surface area contributed by atoms with Gasteiger partial charge in [0.25, 0.3) is 0 Å². The topological polar surface area (TPSA) is 122 Å². The Morgan fingerprint density at radius 2 is 1.93 bits per heavy atom. The van der Waals surface area contributed by atoms with Crippen molar-refractivity contribution in [3.63, 3.8) is 0 Å². The average molecular weight is 531 g/mol. The van der Waals surface area contributed by atoms with Gasteiger partial charge >= 0.3 is 11.9 Å². The van der Waals surface area contributed by atoms with Gasteiger partial charge in [0, 0.05) is 15.1 Å². The molecule has 0 radical (unpaired) electrons. The van der Waals surface area contributed by atoms with E-state index in [2.05, 4.69) is 0 Å². The summed E-state index contributed by atoms with van der Waals surface area (Å²) in [5.41, 5.74) is 0.873. The number of carboxylic acid groups (broad SMARTS) is 1. The Hall–Kier alpha value is -1.89. The number of carboxylic acids is 1. The molecule has 1 fully saturated rings. The minimum absolute atomic E-state index is 0.0174. The number of fused-ring (bicyclic) bond motifs is 3. The van der Waals surface area contributed by atoms with Gasteiger partial charge in [0.15, 0.2) is 11.5 Å². The number of aliphatic hydroxyl groups is 1. The first-order valence-corrected chi connectivity index (χ1v) is 11.5. The number of halogens is 1. The van der Waals surface area contributed by atoms with Crippen molar-refractivity contribution in [3.05, 3.63) is 51.6 Å². The van der Waals surface area contributed by atoms with E-state index in [1.807, 2.05) is 28.7 Å². The lowest BCUT2D eigenvalue weighted by molar-refractivity contribution is -0.197. The van der Waals surface area contributed by atoms with E-state index in [-0.39, 0.29) is 22.7 Å². The van der Waals surface area contributed by atoms with Crippen molar-refractivity contribution in [2.45, 2.75) is 42.1 Å². The number of hydrogen-bond acceptors (Lipinski definition) is 6. The molecule has 1 aliphatic carbocycles. The van der Waals surface area contributed by atoms with Crippen molar-refractivity contribution in [1.29, 1.82) is 0 Å². The van der Waals surface area contributed by atoms with Crippen LogP contribution in [-0.2, 0) is 14.8 Å². The smallest absolute Gasteiger partial charge is 0.395 e. The van der Waals surface area contributed by atoms with Crippen LogP contribution in [0.1, 0.15) is 30.7 Å². The van der Waals surface area contributed by atoms with Gasteiger partial charge in [-0.05, 0) is 72.2 Å². The Balaban J connectivity index is 1.64. The second-order valence-corrected chi connectivity index (χ2v) is 9.91. The van der Waals surface area contributed by atoms with Crippen molar-refractivity contribution in [1.82, 2.24) is 4.72 Å². The van der Waals surface area contributed by atoms with Crippen LogP contribution in [0.4, 0.5) is 0 Å². The van der Waals surface area contributed by atoms with E-state index in [0.717, 1.165) is 28.4 Å². The fourth-order valence-electron chi connectivity index (χ4n) is 3.73. The minimum Gasteiger partial charge on any atom is -0.486 e. The average Bonchev–Trinajstić information content (AvgIpc) is 3.23. The molecule has 3 atom stereocenters. The zero-order chi connectivity index (χ0) is 20.8. The third-order valence-electron chi connectivity index (χ3n) is 5.07. The lowest BCUT2D eigenvalue weighted by Crippen LogP contribution is -2.58. The Bertz CT molecular complexity index is 1060. The van der Waals surface area contributed by atoms with Crippen LogP contribution in [0.25, 0.3) is 0 Å². The Morgan fingerprint density at radius 3 is 2.62 bits per heavy atom. The molecule has 10 heteroatoms. The van der Waals surface area contributed by atoms with Gasteiger partial charge in [-0.25, -0.2) is 13.2 Å². The van der Waals surface area contributed by atoms with Gasteiger partial charge in [-0.15, -0.1) is 4.72 Å². The van der Waals surface area contributed by atoms with Crippen molar-refractivity contribution in [2.24, 2.45) is 0 Å². The highest BCUT2D eigenvalue weighted by atomic mass is 127. The van der Waals surface area contributed by atoms with Crippen LogP contribution in [0, 0.1) is 3.57 Å². The molecule has 0 saturated heterocycles. The molecule has 0 aromatic heterocycles. The predicted molar refractivity (Wildman–Crippen MR) is 110 cm³/mol. The first kappa shape index (κ1) is 20.4. The Morgan fingerprint density at radius 1 is 1.21 bits per heavy atom. The minimum atomic E-state index is -4.38. The maximum Gasteiger partial charge on any atom is 0.395 e. The summed E-state index contributed by atoms with van der Waals surface area (Å²) in [6, 6.07) is 10.7. The zero-order valence-electron chi connectivity index (χ0n) is 15.0. The molecule has 2 aromatic carbocycles. The summed E-state index contributed by atoms with van der Waals surface area (Å²) in [4.78, 5) is 11.5. The molecular formula is C19H18INO7S. The normalized spacial score (nSPS) is 22.3. The number of rotatable bonds is 6. The number of benzene rings is 2.